The monoisotopic (exact) mass is 341 g/mol. The molecule has 0 bridgehead atoms. The van der Waals surface area contributed by atoms with E-state index in [-0.39, 0.29) is 5.41 Å². The van der Waals surface area contributed by atoms with Crippen molar-refractivity contribution in [2.24, 2.45) is 22.2 Å². The molecular formula is C19H39N3O2. The molecule has 0 radical (unpaired) electrons. The van der Waals surface area contributed by atoms with Crippen LogP contribution in [0.25, 0.3) is 0 Å². The Bertz CT molecular complexity index is 351. The van der Waals surface area contributed by atoms with Crippen molar-refractivity contribution >= 4 is 5.96 Å². The van der Waals surface area contributed by atoms with Crippen molar-refractivity contribution in [2.45, 2.75) is 53.4 Å². The summed E-state index contributed by atoms with van der Waals surface area (Å²) in [4.78, 5) is 4.30. The summed E-state index contributed by atoms with van der Waals surface area (Å²) in [7, 11) is 1.83. The molecule has 1 fully saturated rings. The molecule has 1 saturated heterocycles. The molecule has 5 heteroatoms. The molecule has 0 aromatic rings. The zero-order chi connectivity index (χ0) is 17.8. The molecule has 0 unspecified atom stereocenters. The van der Waals surface area contributed by atoms with E-state index in [9.17, 15) is 0 Å². The van der Waals surface area contributed by atoms with Crippen molar-refractivity contribution in [1.82, 2.24) is 10.6 Å². The molecule has 0 aromatic heterocycles. The molecule has 0 saturated carbocycles. The SMILES string of the molecule is CN=C(NCCCOCC1CCOCC1)NCC(C)(C)CC(C)C. The third kappa shape index (κ3) is 10.1. The average molecular weight is 342 g/mol. The van der Waals surface area contributed by atoms with Gasteiger partial charge in [-0.15, -0.1) is 0 Å². The minimum Gasteiger partial charge on any atom is -0.381 e. The average Bonchev–Trinajstić information content (AvgIpc) is 2.53. The Balaban J connectivity index is 2.07. The highest BCUT2D eigenvalue weighted by atomic mass is 16.5. The van der Waals surface area contributed by atoms with Gasteiger partial charge in [0.2, 0.25) is 0 Å². The first-order valence-corrected chi connectivity index (χ1v) is 9.53. The van der Waals surface area contributed by atoms with Crippen molar-refractivity contribution in [3.05, 3.63) is 0 Å². The maximum atomic E-state index is 5.79. The molecule has 1 heterocycles. The van der Waals surface area contributed by atoms with Crippen molar-refractivity contribution in [2.75, 3.05) is 46.6 Å². The van der Waals surface area contributed by atoms with Gasteiger partial charge in [0, 0.05) is 46.6 Å². The summed E-state index contributed by atoms with van der Waals surface area (Å²) in [6, 6.07) is 0. The Morgan fingerprint density at radius 3 is 2.58 bits per heavy atom. The summed E-state index contributed by atoms with van der Waals surface area (Å²) >= 11 is 0. The molecule has 0 amide bonds. The Hall–Kier alpha value is -0.810. The van der Waals surface area contributed by atoms with Gasteiger partial charge in [-0.25, -0.2) is 0 Å². The number of rotatable bonds is 10. The fraction of sp³-hybridized carbons (Fsp3) is 0.947. The minimum absolute atomic E-state index is 0.276. The number of guanidine groups is 1. The van der Waals surface area contributed by atoms with Crippen LogP contribution in [0, 0.1) is 17.3 Å². The highest BCUT2D eigenvalue weighted by molar-refractivity contribution is 5.79. The van der Waals surface area contributed by atoms with Gasteiger partial charge in [-0.3, -0.25) is 4.99 Å². The maximum Gasteiger partial charge on any atom is 0.190 e. The molecule has 1 aliphatic heterocycles. The highest BCUT2D eigenvalue weighted by Gasteiger charge is 2.19. The highest BCUT2D eigenvalue weighted by Crippen LogP contribution is 2.23. The number of hydrogen-bond donors (Lipinski definition) is 2. The quantitative estimate of drug-likeness (QED) is 0.364. The molecule has 0 atom stereocenters. The second kappa shape index (κ2) is 11.7. The van der Waals surface area contributed by atoms with Crippen LogP contribution < -0.4 is 10.6 Å². The summed E-state index contributed by atoms with van der Waals surface area (Å²) < 4.78 is 11.2. The van der Waals surface area contributed by atoms with E-state index in [0.29, 0.717) is 11.8 Å². The van der Waals surface area contributed by atoms with Crippen LogP contribution in [0.2, 0.25) is 0 Å². The first-order chi connectivity index (χ1) is 11.4. The molecule has 142 valence electrons. The first kappa shape index (κ1) is 21.2. The van der Waals surface area contributed by atoms with Crippen LogP contribution in [-0.4, -0.2) is 52.5 Å². The lowest BCUT2D eigenvalue weighted by molar-refractivity contribution is 0.0203. The van der Waals surface area contributed by atoms with Crippen LogP contribution in [0.5, 0.6) is 0 Å². The van der Waals surface area contributed by atoms with Gasteiger partial charge in [0.05, 0.1) is 0 Å². The predicted molar refractivity (Wildman–Crippen MR) is 102 cm³/mol. The van der Waals surface area contributed by atoms with Gasteiger partial charge in [-0.2, -0.15) is 0 Å². The van der Waals surface area contributed by atoms with E-state index in [1.54, 1.807) is 0 Å². The number of nitrogens with one attached hydrogen (secondary N) is 2. The molecular weight excluding hydrogens is 302 g/mol. The van der Waals surface area contributed by atoms with Gasteiger partial charge in [-0.05, 0) is 42.9 Å². The zero-order valence-electron chi connectivity index (χ0n) is 16.5. The Labute approximate surface area is 149 Å². The number of hydrogen-bond acceptors (Lipinski definition) is 3. The van der Waals surface area contributed by atoms with Crippen LogP contribution in [0.4, 0.5) is 0 Å². The molecule has 0 spiro atoms. The number of aliphatic imine (C=N–C) groups is 1. The van der Waals surface area contributed by atoms with Gasteiger partial charge < -0.3 is 20.1 Å². The van der Waals surface area contributed by atoms with E-state index >= 15 is 0 Å². The molecule has 2 N–H and O–H groups in total. The fourth-order valence-electron chi connectivity index (χ4n) is 3.27. The second-order valence-corrected chi connectivity index (χ2v) is 8.10. The Morgan fingerprint density at radius 1 is 1.25 bits per heavy atom. The normalized spacial score (nSPS) is 17.3. The van der Waals surface area contributed by atoms with Gasteiger partial charge in [0.1, 0.15) is 0 Å². The van der Waals surface area contributed by atoms with Gasteiger partial charge in [0.25, 0.3) is 0 Å². The largest absolute Gasteiger partial charge is 0.381 e. The molecule has 5 nitrogen and oxygen atoms in total. The van der Waals surface area contributed by atoms with Crippen LogP contribution in [0.3, 0.4) is 0 Å². The van der Waals surface area contributed by atoms with Gasteiger partial charge in [0.15, 0.2) is 5.96 Å². The van der Waals surface area contributed by atoms with Gasteiger partial charge >= 0.3 is 0 Å². The van der Waals surface area contributed by atoms with E-state index in [1.807, 2.05) is 7.05 Å². The summed E-state index contributed by atoms with van der Waals surface area (Å²) in [5, 5.41) is 6.81. The third-order valence-corrected chi connectivity index (χ3v) is 4.37. The standard InChI is InChI=1S/C19H39N3O2/c1-16(2)13-19(3,4)15-22-18(20-5)21-9-6-10-24-14-17-7-11-23-12-8-17/h16-17H,6-15H2,1-5H3,(H2,20,21,22). The predicted octanol–water partition coefficient (Wildman–Crippen LogP) is 3.06. The van der Waals surface area contributed by atoms with Crippen molar-refractivity contribution < 1.29 is 9.47 Å². The van der Waals surface area contributed by atoms with Crippen LogP contribution in [0.1, 0.15) is 53.4 Å². The maximum absolute atomic E-state index is 5.79. The lowest BCUT2D eigenvalue weighted by Gasteiger charge is -2.28. The first-order valence-electron chi connectivity index (χ1n) is 9.53. The topological polar surface area (TPSA) is 54.9 Å². The summed E-state index contributed by atoms with van der Waals surface area (Å²) in [6.45, 7) is 14.4. The Kier molecular flexibility index (Phi) is 10.3. The van der Waals surface area contributed by atoms with E-state index in [4.69, 9.17) is 9.47 Å². The van der Waals surface area contributed by atoms with Crippen LogP contribution in [0.15, 0.2) is 4.99 Å². The second-order valence-electron chi connectivity index (χ2n) is 8.10. The molecule has 0 aromatic carbocycles. The van der Waals surface area contributed by atoms with Crippen molar-refractivity contribution in [3.8, 4) is 0 Å². The van der Waals surface area contributed by atoms with E-state index in [0.717, 1.165) is 64.7 Å². The van der Waals surface area contributed by atoms with Crippen molar-refractivity contribution in [3.63, 3.8) is 0 Å². The summed E-state index contributed by atoms with van der Waals surface area (Å²) in [6.07, 6.45) is 4.48. The third-order valence-electron chi connectivity index (χ3n) is 4.37. The summed E-state index contributed by atoms with van der Waals surface area (Å²) in [5.41, 5.74) is 0.276. The van der Waals surface area contributed by atoms with Crippen LogP contribution in [-0.2, 0) is 9.47 Å². The number of nitrogens with zero attached hydrogens (tertiary/aromatic N) is 1. The van der Waals surface area contributed by atoms with E-state index < -0.39 is 0 Å². The minimum atomic E-state index is 0.276. The van der Waals surface area contributed by atoms with Gasteiger partial charge in [-0.1, -0.05) is 27.7 Å². The molecule has 1 rings (SSSR count). The smallest absolute Gasteiger partial charge is 0.190 e. The Morgan fingerprint density at radius 2 is 1.96 bits per heavy atom. The summed E-state index contributed by atoms with van der Waals surface area (Å²) in [5.74, 6) is 2.28. The molecule has 1 aliphatic rings. The molecule has 24 heavy (non-hydrogen) atoms. The lowest BCUT2D eigenvalue weighted by Crippen LogP contribution is -2.42. The molecule has 0 aliphatic carbocycles. The van der Waals surface area contributed by atoms with E-state index in [1.165, 1.54) is 6.42 Å². The van der Waals surface area contributed by atoms with E-state index in [2.05, 4.69) is 43.3 Å². The number of ether oxygens (including phenoxy) is 2. The zero-order valence-corrected chi connectivity index (χ0v) is 16.5. The van der Waals surface area contributed by atoms with Crippen molar-refractivity contribution in [1.29, 1.82) is 0 Å². The fourth-order valence-corrected chi connectivity index (χ4v) is 3.27. The van der Waals surface area contributed by atoms with Crippen LogP contribution >= 0.6 is 0 Å². The lowest BCUT2D eigenvalue weighted by atomic mass is 9.84.